The Morgan fingerprint density at radius 2 is 1.88 bits per heavy atom. The van der Waals surface area contributed by atoms with Gasteiger partial charge in [-0.3, -0.25) is 9.59 Å². The van der Waals surface area contributed by atoms with Crippen LogP contribution < -0.4 is 0 Å². The van der Waals surface area contributed by atoms with E-state index in [1.165, 1.54) is 6.07 Å². The molecule has 3 rings (SSSR count). The highest BCUT2D eigenvalue weighted by molar-refractivity contribution is 6.19. The molecule has 0 unspecified atom stereocenters. The van der Waals surface area contributed by atoms with E-state index < -0.39 is 0 Å². The van der Waals surface area contributed by atoms with Gasteiger partial charge < -0.3 is 14.6 Å². The quantitative estimate of drug-likeness (QED) is 0.672. The molecule has 1 heterocycles. The first-order valence-electron chi connectivity index (χ1n) is 5.08. The summed E-state index contributed by atoms with van der Waals surface area (Å²) < 4.78 is 5.33. The number of rotatable bonds is 0. The first-order valence-corrected chi connectivity index (χ1v) is 5.08. The molecule has 5 heteroatoms. The number of phenols is 2. The number of furan rings is 1. The van der Waals surface area contributed by atoms with Crippen LogP contribution in [0.3, 0.4) is 0 Å². The van der Waals surface area contributed by atoms with Crippen LogP contribution in [0.5, 0.6) is 11.5 Å². The van der Waals surface area contributed by atoms with Crippen molar-refractivity contribution in [2.75, 3.05) is 0 Å². The average Bonchev–Trinajstić information content (AvgIpc) is 2.55. The van der Waals surface area contributed by atoms with Gasteiger partial charge in [-0.2, -0.15) is 0 Å². The third kappa shape index (κ3) is 1.32. The molecule has 1 aliphatic rings. The van der Waals surface area contributed by atoms with Crippen LogP contribution in [0.4, 0.5) is 0 Å². The van der Waals surface area contributed by atoms with Crippen LogP contribution in [0, 0.1) is 0 Å². The Balaban J connectivity index is 2.40. The van der Waals surface area contributed by atoms with Gasteiger partial charge in [-0.25, -0.2) is 0 Å². The summed E-state index contributed by atoms with van der Waals surface area (Å²) in [6.45, 7) is 0. The molecule has 0 aliphatic heterocycles. The fraction of sp³-hybridized carbons (Fsp3) is 0.167. The zero-order chi connectivity index (χ0) is 12.2. The minimum atomic E-state index is -0.351. The summed E-state index contributed by atoms with van der Waals surface area (Å²) in [5.74, 6) is -0.657. The van der Waals surface area contributed by atoms with Gasteiger partial charge in [-0.05, 0) is 0 Å². The number of fused-ring (bicyclic) bond motifs is 3. The maximum Gasteiger partial charge on any atom is 0.174 e. The van der Waals surface area contributed by atoms with Gasteiger partial charge in [0.2, 0.25) is 0 Å². The molecule has 1 aromatic heterocycles. The van der Waals surface area contributed by atoms with Crippen LogP contribution in [0.25, 0.3) is 11.0 Å². The molecule has 0 saturated heterocycles. The number of carbonyl (C=O) groups is 2. The predicted molar refractivity (Wildman–Crippen MR) is 57.2 cm³/mol. The van der Waals surface area contributed by atoms with Gasteiger partial charge in [-0.1, -0.05) is 0 Å². The van der Waals surface area contributed by atoms with E-state index in [0.29, 0.717) is 0 Å². The van der Waals surface area contributed by atoms with Crippen LogP contribution in [0.1, 0.15) is 22.5 Å². The first-order chi connectivity index (χ1) is 8.06. The van der Waals surface area contributed by atoms with Gasteiger partial charge in [-0.15, -0.1) is 0 Å². The van der Waals surface area contributed by atoms with Crippen molar-refractivity contribution < 1.29 is 24.2 Å². The summed E-state index contributed by atoms with van der Waals surface area (Å²) in [6, 6.07) is 2.45. The third-order valence-electron chi connectivity index (χ3n) is 2.82. The number of benzene rings is 1. The molecule has 1 aliphatic carbocycles. The van der Waals surface area contributed by atoms with Crippen molar-refractivity contribution in [3.63, 3.8) is 0 Å². The minimum absolute atomic E-state index is 0.0515. The summed E-state index contributed by atoms with van der Waals surface area (Å²) >= 11 is 0. The zero-order valence-corrected chi connectivity index (χ0v) is 8.69. The Hall–Kier alpha value is -2.30. The van der Waals surface area contributed by atoms with Crippen molar-refractivity contribution in [3.8, 4) is 11.5 Å². The number of aromatic hydroxyl groups is 2. The fourth-order valence-electron chi connectivity index (χ4n) is 2.17. The Bertz CT molecular complexity index is 665. The van der Waals surface area contributed by atoms with Crippen molar-refractivity contribution in [1.29, 1.82) is 0 Å². The summed E-state index contributed by atoms with van der Waals surface area (Å²) in [5.41, 5.74) is 0.479. The minimum Gasteiger partial charge on any atom is -0.508 e. The summed E-state index contributed by atoms with van der Waals surface area (Å²) in [6.07, 6.45) is -0.113. The highest BCUT2D eigenvalue weighted by Gasteiger charge is 2.30. The molecule has 0 amide bonds. The molecule has 0 spiro atoms. The van der Waals surface area contributed by atoms with E-state index in [0.717, 1.165) is 6.07 Å². The molecule has 0 saturated carbocycles. The summed E-state index contributed by atoms with van der Waals surface area (Å²) in [7, 11) is 0. The lowest BCUT2D eigenvalue weighted by atomic mass is 9.93. The largest absolute Gasteiger partial charge is 0.508 e. The predicted octanol–water partition coefficient (Wildman–Crippen LogP) is 1.54. The molecule has 2 N–H and O–H groups in total. The van der Waals surface area contributed by atoms with Crippen molar-refractivity contribution >= 4 is 22.5 Å². The Morgan fingerprint density at radius 1 is 1.12 bits per heavy atom. The molecule has 2 aromatic rings. The second-order valence-electron chi connectivity index (χ2n) is 4.05. The van der Waals surface area contributed by atoms with Crippen molar-refractivity contribution in [2.24, 2.45) is 0 Å². The monoisotopic (exact) mass is 232 g/mol. The molecule has 0 atom stereocenters. The van der Waals surface area contributed by atoms with E-state index in [1.54, 1.807) is 0 Å². The van der Waals surface area contributed by atoms with Crippen molar-refractivity contribution in [1.82, 2.24) is 0 Å². The number of carbonyl (C=O) groups excluding carboxylic acids is 2. The molecule has 5 nitrogen and oxygen atoms in total. The second-order valence-corrected chi connectivity index (χ2v) is 4.05. The van der Waals surface area contributed by atoms with Gasteiger partial charge in [0.05, 0.1) is 23.8 Å². The Morgan fingerprint density at radius 3 is 2.65 bits per heavy atom. The van der Waals surface area contributed by atoms with Gasteiger partial charge in [0.1, 0.15) is 28.6 Å². The maximum atomic E-state index is 11.8. The highest BCUT2D eigenvalue weighted by atomic mass is 16.3. The normalized spacial score (nSPS) is 15.3. The molecule has 1 aromatic carbocycles. The molecule has 86 valence electrons. The number of phenolic OH excluding ortho intramolecular Hbond substituents is 2. The molecule has 0 bridgehead atoms. The lowest BCUT2D eigenvalue weighted by Crippen LogP contribution is -2.18. The van der Waals surface area contributed by atoms with Gasteiger partial charge in [0, 0.05) is 12.1 Å². The lowest BCUT2D eigenvalue weighted by molar-refractivity contribution is -0.118. The van der Waals surface area contributed by atoms with Crippen LogP contribution >= 0.6 is 0 Å². The standard InChI is InChI=1S/C12H8O5/c13-5-1-7(15)11-9(3-5)17-10-4-6(14)2-8(16)12(10)11/h1,3,13,15H,2,4H2. The number of ketones is 2. The lowest BCUT2D eigenvalue weighted by Gasteiger charge is -2.07. The molecule has 0 fully saturated rings. The topological polar surface area (TPSA) is 87.7 Å². The second kappa shape index (κ2) is 3.10. The van der Waals surface area contributed by atoms with Gasteiger partial charge in [0.15, 0.2) is 5.78 Å². The third-order valence-corrected chi connectivity index (χ3v) is 2.82. The molecular formula is C12H8O5. The maximum absolute atomic E-state index is 11.8. The van der Waals surface area contributed by atoms with E-state index in [4.69, 9.17) is 4.42 Å². The highest BCUT2D eigenvalue weighted by Crippen LogP contribution is 2.38. The van der Waals surface area contributed by atoms with Crippen LogP contribution in [0.15, 0.2) is 16.5 Å². The van der Waals surface area contributed by atoms with E-state index in [2.05, 4.69) is 0 Å². The van der Waals surface area contributed by atoms with Crippen molar-refractivity contribution in [2.45, 2.75) is 12.8 Å². The summed E-state index contributed by atoms with van der Waals surface area (Å²) in [4.78, 5) is 23.0. The smallest absolute Gasteiger partial charge is 0.174 e. The van der Waals surface area contributed by atoms with Gasteiger partial charge in [0.25, 0.3) is 0 Å². The first kappa shape index (κ1) is 9.89. The van der Waals surface area contributed by atoms with E-state index in [1.807, 2.05) is 0 Å². The zero-order valence-electron chi connectivity index (χ0n) is 8.69. The molecule has 17 heavy (non-hydrogen) atoms. The van der Waals surface area contributed by atoms with Crippen molar-refractivity contribution in [3.05, 3.63) is 23.5 Å². The molecule has 0 radical (unpaired) electrons. The van der Waals surface area contributed by atoms with E-state index in [9.17, 15) is 19.8 Å². The average molecular weight is 232 g/mol. The number of Topliss-reactive ketones (excluding diaryl/α,β-unsaturated/α-hetero) is 2. The van der Waals surface area contributed by atoms with E-state index in [-0.39, 0.29) is 58.2 Å². The molecular weight excluding hydrogens is 224 g/mol. The van der Waals surface area contributed by atoms with Crippen LogP contribution in [-0.2, 0) is 11.2 Å². The van der Waals surface area contributed by atoms with Crippen LogP contribution in [0.2, 0.25) is 0 Å². The SMILES string of the molecule is O=C1CC(=O)c2c(oc3cc(O)cc(O)c23)C1. The number of hydrogen-bond acceptors (Lipinski definition) is 5. The fourth-order valence-corrected chi connectivity index (χ4v) is 2.17. The van der Waals surface area contributed by atoms with Gasteiger partial charge >= 0.3 is 0 Å². The Kier molecular flexibility index (Phi) is 1.80. The Labute approximate surface area is 95.3 Å². The van der Waals surface area contributed by atoms with Crippen LogP contribution in [-0.4, -0.2) is 21.8 Å². The number of hydrogen-bond donors (Lipinski definition) is 2. The summed E-state index contributed by atoms with van der Waals surface area (Å²) in [5, 5.41) is 19.3. The van der Waals surface area contributed by atoms with E-state index >= 15 is 0 Å².